The quantitative estimate of drug-likeness (QED) is 0.837. The first-order valence-corrected chi connectivity index (χ1v) is 6.51. The molecule has 22 heavy (non-hydrogen) atoms. The Morgan fingerprint density at radius 2 is 1.45 bits per heavy atom. The monoisotopic (exact) mass is 304 g/mol. The maximum atomic E-state index is 13.4. The molecule has 6 heteroatoms. The average molecular weight is 304 g/mol. The Balaban J connectivity index is 2.07. The average Bonchev–Trinajstić information content (AvgIpc) is 2.44. The summed E-state index contributed by atoms with van der Waals surface area (Å²) >= 11 is 0. The summed E-state index contributed by atoms with van der Waals surface area (Å²) in [6, 6.07) is 7.98. The summed E-state index contributed by atoms with van der Waals surface area (Å²) in [6.45, 7) is 3.70. The standard InChI is InChI=1S/C16H14F2N2O2/c1-9-3-5-13(10(2)7-9)19-15(21)16(22)20-14-6-4-11(17)8-12(14)18/h3-8H,1-2H3,(H,19,21)(H,20,22). The van der Waals surface area contributed by atoms with Crippen molar-refractivity contribution in [1.82, 2.24) is 0 Å². The third kappa shape index (κ3) is 3.66. The van der Waals surface area contributed by atoms with Gasteiger partial charge in [-0.05, 0) is 37.6 Å². The Labute approximate surface area is 126 Å². The van der Waals surface area contributed by atoms with Gasteiger partial charge >= 0.3 is 11.8 Å². The van der Waals surface area contributed by atoms with Crippen LogP contribution in [-0.2, 0) is 9.59 Å². The van der Waals surface area contributed by atoms with Gasteiger partial charge < -0.3 is 10.6 Å². The molecule has 114 valence electrons. The zero-order valence-electron chi connectivity index (χ0n) is 12.0. The van der Waals surface area contributed by atoms with Crippen molar-refractivity contribution in [3.63, 3.8) is 0 Å². The smallest absolute Gasteiger partial charge is 0.314 e. The number of amides is 2. The topological polar surface area (TPSA) is 58.2 Å². The minimum Gasteiger partial charge on any atom is -0.318 e. The van der Waals surface area contributed by atoms with E-state index < -0.39 is 23.4 Å². The van der Waals surface area contributed by atoms with Gasteiger partial charge in [0.05, 0.1) is 5.69 Å². The van der Waals surface area contributed by atoms with E-state index >= 15 is 0 Å². The SMILES string of the molecule is Cc1ccc(NC(=O)C(=O)Nc2ccc(F)cc2F)c(C)c1. The van der Waals surface area contributed by atoms with Crippen LogP contribution in [0.2, 0.25) is 0 Å². The van der Waals surface area contributed by atoms with Gasteiger partial charge in [0.2, 0.25) is 0 Å². The van der Waals surface area contributed by atoms with Crippen LogP contribution in [0.4, 0.5) is 20.2 Å². The third-order valence-corrected chi connectivity index (χ3v) is 3.02. The number of nitrogens with one attached hydrogen (secondary N) is 2. The highest BCUT2D eigenvalue weighted by Gasteiger charge is 2.16. The Morgan fingerprint density at radius 1 is 0.864 bits per heavy atom. The lowest BCUT2D eigenvalue weighted by Crippen LogP contribution is -2.29. The fraction of sp³-hybridized carbons (Fsp3) is 0.125. The van der Waals surface area contributed by atoms with Crippen molar-refractivity contribution in [2.45, 2.75) is 13.8 Å². The number of aryl methyl sites for hydroxylation is 2. The second-order valence-electron chi connectivity index (χ2n) is 4.85. The van der Waals surface area contributed by atoms with Gasteiger partial charge in [0.1, 0.15) is 11.6 Å². The molecule has 0 aliphatic carbocycles. The van der Waals surface area contributed by atoms with Gasteiger partial charge in [-0.15, -0.1) is 0 Å². The predicted molar refractivity (Wildman–Crippen MR) is 79.5 cm³/mol. The molecule has 0 fully saturated rings. The summed E-state index contributed by atoms with van der Waals surface area (Å²) in [5.74, 6) is -3.69. The molecule has 0 saturated heterocycles. The molecule has 0 unspecified atom stereocenters. The summed E-state index contributed by atoms with van der Waals surface area (Å²) in [5, 5.41) is 4.54. The van der Waals surface area contributed by atoms with Crippen molar-refractivity contribution in [3.05, 3.63) is 59.2 Å². The van der Waals surface area contributed by atoms with Crippen LogP contribution in [0.1, 0.15) is 11.1 Å². The van der Waals surface area contributed by atoms with Crippen LogP contribution >= 0.6 is 0 Å². The van der Waals surface area contributed by atoms with Crippen molar-refractivity contribution in [2.75, 3.05) is 10.6 Å². The molecule has 2 aromatic rings. The molecular weight excluding hydrogens is 290 g/mol. The van der Waals surface area contributed by atoms with Crippen LogP contribution in [0.3, 0.4) is 0 Å². The summed E-state index contributed by atoms with van der Waals surface area (Å²) in [5.41, 5.74) is 2.05. The first-order valence-electron chi connectivity index (χ1n) is 6.51. The van der Waals surface area contributed by atoms with E-state index in [2.05, 4.69) is 10.6 Å². The molecule has 2 rings (SSSR count). The molecular formula is C16H14F2N2O2. The lowest BCUT2D eigenvalue weighted by Gasteiger charge is -2.10. The predicted octanol–water partition coefficient (Wildman–Crippen LogP) is 3.16. The Morgan fingerprint density at radius 3 is 2.05 bits per heavy atom. The zero-order chi connectivity index (χ0) is 16.3. The highest BCUT2D eigenvalue weighted by atomic mass is 19.1. The molecule has 0 aromatic heterocycles. The molecule has 0 aliphatic rings. The number of carbonyl (C=O) groups excluding carboxylic acids is 2. The van der Waals surface area contributed by atoms with Crippen molar-refractivity contribution in [2.24, 2.45) is 0 Å². The fourth-order valence-electron chi connectivity index (χ4n) is 1.90. The van der Waals surface area contributed by atoms with Gasteiger partial charge in [-0.2, -0.15) is 0 Å². The van der Waals surface area contributed by atoms with Gasteiger partial charge in [-0.25, -0.2) is 8.78 Å². The first-order chi connectivity index (χ1) is 10.4. The van der Waals surface area contributed by atoms with E-state index in [-0.39, 0.29) is 5.69 Å². The highest BCUT2D eigenvalue weighted by Crippen LogP contribution is 2.17. The van der Waals surface area contributed by atoms with Crippen molar-refractivity contribution in [1.29, 1.82) is 0 Å². The molecule has 0 radical (unpaired) electrons. The maximum Gasteiger partial charge on any atom is 0.314 e. The molecule has 0 spiro atoms. The van der Waals surface area contributed by atoms with E-state index in [0.29, 0.717) is 11.8 Å². The van der Waals surface area contributed by atoms with E-state index in [9.17, 15) is 18.4 Å². The minimum atomic E-state index is -1.04. The molecule has 0 atom stereocenters. The Kier molecular flexibility index (Phi) is 4.50. The summed E-state index contributed by atoms with van der Waals surface area (Å²) < 4.78 is 26.2. The van der Waals surface area contributed by atoms with Crippen LogP contribution in [0.15, 0.2) is 36.4 Å². The summed E-state index contributed by atoms with van der Waals surface area (Å²) in [7, 11) is 0. The Hall–Kier alpha value is -2.76. The number of halogens is 2. The van der Waals surface area contributed by atoms with Gasteiger partial charge in [0.15, 0.2) is 0 Å². The molecule has 2 aromatic carbocycles. The van der Waals surface area contributed by atoms with Crippen molar-refractivity contribution in [3.8, 4) is 0 Å². The van der Waals surface area contributed by atoms with Crippen LogP contribution in [-0.4, -0.2) is 11.8 Å². The number of carbonyl (C=O) groups is 2. The second kappa shape index (κ2) is 6.34. The first kappa shape index (κ1) is 15.6. The van der Waals surface area contributed by atoms with Crippen LogP contribution in [0, 0.1) is 25.5 Å². The number of hydrogen-bond donors (Lipinski definition) is 2. The highest BCUT2D eigenvalue weighted by molar-refractivity contribution is 6.43. The van der Waals surface area contributed by atoms with E-state index in [4.69, 9.17) is 0 Å². The van der Waals surface area contributed by atoms with Gasteiger partial charge in [0, 0.05) is 11.8 Å². The van der Waals surface area contributed by atoms with Crippen molar-refractivity contribution >= 4 is 23.2 Å². The van der Waals surface area contributed by atoms with Crippen LogP contribution < -0.4 is 10.6 Å². The van der Waals surface area contributed by atoms with E-state index in [1.807, 2.05) is 13.0 Å². The summed E-state index contributed by atoms with van der Waals surface area (Å²) in [6.07, 6.45) is 0. The molecule has 0 bridgehead atoms. The number of rotatable bonds is 2. The lowest BCUT2D eigenvalue weighted by atomic mass is 10.1. The fourth-order valence-corrected chi connectivity index (χ4v) is 1.90. The number of hydrogen-bond acceptors (Lipinski definition) is 2. The van der Waals surface area contributed by atoms with E-state index in [1.54, 1.807) is 19.1 Å². The Bertz CT molecular complexity index is 681. The zero-order valence-corrected chi connectivity index (χ0v) is 12.0. The normalized spacial score (nSPS) is 10.2. The largest absolute Gasteiger partial charge is 0.318 e. The molecule has 0 aliphatic heterocycles. The van der Waals surface area contributed by atoms with Gasteiger partial charge in [0.25, 0.3) is 0 Å². The lowest BCUT2D eigenvalue weighted by molar-refractivity contribution is -0.133. The van der Waals surface area contributed by atoms with Crippen molar-refractivity contribution < 1.29 is 18.4 Å². The molecule has 2 N–H and O–H groups in total. The summed E-state index contributed by atoms with van der Waals surface area (Å²) in [4.78, 5) is 23.6. The maximum absolute atomic E-state index is 13.4. The van der Waals surface area contributed by atoms with Crippen LogP contribution in [0.25, 0.3) is 0 Å². The second-order valence-corrected chi connectivity index (χ2v) is 4.85. The van der Waals surface area contributed by atoms with Gasteiger partial charge in [-0.3, -0.25) is 9.59 Å². The third-order valence-electron chi connectivity index (χ3n) is 3.02. The molecule has 0 heterocycles. The molecule has 4 nitrogen and oxygen atoms in total. The minimum absolute atomic E-state index is 0.262. The van der Waals surface area contributed by atoms with Gasteiger partial charge in [-0.1, -0.05) is 17.7 Å². The van der Waals surface area contributed by atoms with Crippen LogP contribution in [0.5, 0.6) is 0 Å². The van der Waals surface area contributed by atoms with E-state index in [0.717, 1.165) is 23.3 Å². The van der Waals surface area contributed by atoms with E-state index in [1.165, 1.54) is 0 Å². The molecule has 2 amide bonds. The number of anilines is 2. The number of benzene rings is 2. The molecule has 0 saturated carbocycles.